The van der Waals surface area contributed by atoms with E-state index in [0.717, 1.165) is 31.9 Å². The molecule has 1 aromatic rings. The molecular formula is C17H28N2O4. The van der Waals surface area contributed by atoms with Crippen molar-refractivity contribution in [2.45, 2.75) is 32.5 Å². The van der Waals surface area contributed by atoms with Crippen LogP contribution in [0.1, 0.15) is 25.5 Å². The van der Waals surface area contributed by atoms with Crippen LogP contribution in [0.25, 0.3) is 0 Å². The zero-order valence-corrected chi connectivity index (χ0v) is 14.2. The van der Waals surface area contributed by atoms with Gasteiger partial charge in [0.25, 0.3) is 0 Å². The van der Waals surface area contributed by atoms with Crippen LogP contribution in [-0.4, -0.2) is 52.5 Å². The van der Waals surface area contributed by atoms with E-state index in [9.17, 15) is 0 Å². The first-order valence-corrected chi connectivity index (χ1v) is 8.13. The Balaban J connectivity index is 2.00. The van der Waals surface area contributed by atoms with Crippen LogP contribution < -0.4 is 10.6 Å². The van der Waals surface area contributed by atoms with Crippen molar-refractivity contribution in [1.29, 1.82) is 0 Å². The summed E-state index contributed by atoms with van der Waals surface area (Å²) in [4.78, 5) is 2.31. The van der Waals surface area contributed by atoms with E-state index in [1.165, 1.54) is 5.69 Å². The van der Waals surface area contributed by atoms with Gasteiger partial charge in [0.1, 0.15) is 12.3 Å². The van der Waals surface area contributed by atoms with Crippen LogP contribution >= 0.6 is 0 Å². The summed E-state index contributed by atoms with van der Waals surface area (Å²) in [6.07, 6.45) is -1.28. The Bertz CT molecular complexity index is 448. The fraction of sp³-hybridized carbons (Fsp3) is 0.647. The zero-order valence-electron chi connectivity index (χ0n) is 14.2. The Morgan fingerprint density at radius 2 is 1.87 bits per heavy atom. The summed E-state index contributed by atoms with van der Waals surface area (Å²) in [5, 5.41) is 0. The SMILES string of the molecule is CCOC(C)OC(N)C(OC)c1ccc(N2CCOCC2)cc1. The predicted octanol–water partition coefficient (Wildman–Crippen LogP) is 1.89. The molecule has 1 aliphatic heterocycles. The van der Waals surface area contributed by atoms with Crippen LogP contribution in [0, 0.1) is 0 Å². The van der Waals surface area contributed by atoms with Crippen molar-refractivity contribution in [3.63, 3.8) is 0 Å². The smallest absolute Gasteiger partial charge is 0.157 e. The number of hydrogen-bond donors (Lipinski definition) is 1. The summed E-state index contributed by atoms with van der Waals surface area (Å²) < 4.78 is 21.9. The number of ether oxygens (including phenoxy) is 4. The van der Waals surface area contributed by atoms with Crippen molar-refractivity contribution in [3.8, 4) is 0 Å². The van der Waals surface area contributed by atoms with Crippen molar-refractivity contribution in [1.82, 2.24) is 0 Å². The number of hydrogen-bond acceptors (Lipinski definition) is 6. The Labute approximate surface area is 138 Å². The number of nitrogens with zero attached hydrogens (tertiary/aromatic N) is 1. The molecule has 0 saturated carbocycles. The number of benzene rings is 1. The fourth-order valence-electron chi connectivity index (χ4n) is 2.72. The van der Waals surface area contributed by atoms with E-state index >= 15 is 0 Å². The lowest BCUT2D eigenvalue weighted by Gasteiger charge is -2.30. The maximum atomic E-state index is 6.12. The Morgan fingerprint density at radius 1 is 1.22 bits per heavy atom. The van der Waals surface area contributed by atoms with E-state index in [0.29, 0.717) is 6.61 Å². The summed E-state index contributed by atoms with van der Waals surface area (Å²) >= 11 is 0. The third-order valence-electron chi connectivity index (χ3n) is 3.90. The highest BCUT2D eigenvalue weighted by atomic mass is 16.7. The quantitative estimate of drug-likeness (QED) is 0.737. The van der Waals surface area contributed by atoms with E-state index in [2.05, 4.69) is 17.0 Å². The minimum atomic E-state index is -0.587. The molecule has 130 valence electrons. The highest BCUT2D eigenvalue weighted by Crippen LogP contribution is 2.24. The van der Waals surface area contributed by atoms with E-state index < -0.39 is 6.23 Å². The van der Waals surface area contributed by atoms with Gasteiger partial charge in [0, 0.05) is 32.5 Å². The third-order valence-corrected chi connectivity index (χ3v) is 3.90. The molecule has 1 saturated heterocycles. The number of methoxy groups -OCH3 is 1. The number of nitrogens with two attached hydrogens (primary N) is 1. The van der Waals surface area contributed by atoms with E-state index in [1.807, 2.05) is 26.0 Å². The Hall–Kier alpha value is -1.18. The van der Waals surface area contributed by atoms with Gasteiger partial charge in [-0.05, 0) is 31.5 Å². The summed E-state index contributed by atoms with van der Waals surface area (Å²) in [7, 11) is 1.63. The van der Waals surface area contributed by atoms with Gasteiger partial charge in [-0.15, -0.1) is 0 Å². The Kier molecular flexibility index (Phi) is 7.26. The zero-order chi connectivity index (χ0) is 16.7. The van der Waals surface area contributed by atoms with Crippen molar-refractivity contribution >= 4 is 5.69 Å². The van der Waals surface area contributed by atoms with E-state index in [4.69, 9.17) is 24.7 Å². The average Bonchev–Trinajstić information content (AvgIpc) is 2.57. The largest absolute Gasteiger partial charge is 0.378 e. The normalized spacial score (nSPS) is 19.4. The van der Waals surface area contributed by atoms with Gasteiger partial charge in [0.2, 0.25) is 0 Å². The van der Waals surface area contributed by atoms with Gasteiger partial charge < -0.3 is 29.6 Å². The van der Waals surface area contributed by atoms with E-state index in [1.54, 1.807) is 7.11 Å². The first-order chi connectivity index (χ1) is 11.2. The molecule has 6 heteroatoms. The standard InChI is InChI=1S/C17H28N2O4/c1-4-22-13(2)23-17(18)16(20-3)14-5-7-15(8-6-14)19-9-11-21-12-10-19/h5-8,13,16-17H,4,9-12,18H2,1-3H3. The van der Waals surface area contributed by atoms with Gasteiger partial charge in [0.05, 0.1) is 13.2 Å². The van der Waals surface area contributed by atoms with Gasteiger partial charge in [0.15, 0.2) is 6.29 Å². The van der Waals surface area contributed by atoms with Crippen molar-refractivity contribution in [2.24, 2.45) is 5.73 Å². The molecule has 6 nitrogen and oxygen atoms in total. The first-order valence-electron chi connectivity index (χ1n) is 8.13. The molecule has 3 unspecified atom stereocenters. The number of morpholine rings is 1. The molecule has 0 amide bonds. The van der Waals surface area contributed by atoms with Crippen LogP contribution in [0.15, 0.2) is 24.3 Å². The molecule has 0 spiro atoms. The molecular weight excluding hydrogens is 296 g/mol. The van der Waals surface area contributed by atoms with E-state index in [-0.39, 0.29) is 12.4 Å². The molecule has 1 fully saturated rings. The molecule has 2 N–H and O–H groups in total. The summed E-state index contributed by atoms with van der Waals surface area (Å²) in [6.45, 7) is 7.72. The predicted molar refractivity (Wildman–Crippen MR) is 89.4 cm³/mol. The lowest BCUT2D eigenvalue weighted by molar-refractivity contribution is -0.184. The maximum Gasteiger partial charge on any atom is 0.157 e. The van der Waals surface area contributed by atoms with Crippen molar-refractivity contribution in [3.05, 3.63) is 29.8 Å². The number of rotatable bonds is 8. The maximum absolute atomic E-state index is 6.12. The van der Waals surface area contributed by atoms with Crippen molar-refractivity contribution < 1.29 is 18.9 Å². The average molecular weight is 324 g/mol. The summed E-state index contributed by atoms with van der Waals surface area (Å²) in [6, 6.07) is 8.25. The van der Waals surface area contributed by atoms with Crippen molar-refractivity contribution in [2.75, 3.05) is 44.9 Å². The minimum absolute atomic E-state index is 0.336. The molecule has 1 aromatic carbocycles. The highest BCUT2D eigenvalue weighted by Gasteiger charge is 2.23. The van der Waals surface area contributed by atoms with Gasteiger partial charge in [-0.3, -0.25) is 0 Å². The summed E-state index contributed by atoms with van der Waals surface area (Å²) in [5.41, 5.74) is 8.29. The topological polar surface area (TPSA) is 66.2 Å². The first kappa shape index (κ1) is 18.2. The lowest BCUT2D eigenvalue weighted by atomic mass is 10.1. The molecule has 0 aliphatic carbocycles. The third kappa shape index (κ3) is 5.16. The van der Waals surface area contributed by atoms with Gasteiger partial charge in [-0.1, -0.05) is 12.1 Å². The second-order valence-corrected chi connectivity index (χ2v) is 5.47. The molecule has 0 bridgehead atoms. The molecule has 2 rings (SSSR count). The van der Waals surface area contributed by atoms with Gasteiger partial charge in [-0.25, -0.2) is 0 Å². The van der Waals surface area contributed by atoms with Crippen LogP contribution in [0.5, 0.6) is 0 Å². The van der Waals surface area contributed by atoms with Gasteiger partial charge in [-0.2, -0.15) is 0 Å². The minimum Gasteiger partial charge on any atom is -0.378 e. The fourth-order valence-corrected chi connectivity index (χ4v) is 2.72. The summed E-state index contributed by atoms with van der Waals surface area (Å²) in [5.74, 6) is 0. The second-order valence-electron chi connectivity index (χ2n) is 5.47. The molecule has 1 heterocycles. The Morgan fingerprint density at radius 3 is 2.43 bits per heavy atom. The van der Waals surface area contributed by atoms with Gasteiger partial charge >= 0.3 is 0 Å². The second kappa shape index (κ2) is 9.20. The van der Waals surface area contributed by atoms with Crippen LogP contribution in [0.2, 0.25) is 0 Å². The lowest BCUT2D eigenvalue weighted by Crippen LogP contribution is -2.37. The molecule has 0 radical (unpaired) electrons. The number of anilines is 1. The highest BCUT2D eigenvalue weighted by molar-refractivity contribution is 5.48. The van der Waals surface area contributed by atoms with Crippen LogP contribution in [0.4, 0.5) is 5.69 Å². The van der Waals surface area contributed by atoms with Crippen LogP contribution in [0.3, 0.4) is 0 Å². The molecule has 3 atom stereocenters. The van der Waals surface area contributed by atoms with Crippen LogP contribution in [-0.2, 0) is 18.9 Å². The monoisotopic (exact) mass is 324 g/mol. The molecule has 1 aliphatic rings. The molecule has 0 aromatic heterocycles. The molecule has 23 heavy (non-hydrogen) atoms.